The number of hydrogen-bond donors (Lipinski definition) is 1. The molecule has 92 valence electrons. The molecule has 1 aliphatic heterocycles. The number of rotatable bonds is 2. The van der Waals surface area contributed by atoms with Crippen LogP contribution in [0.15, 0.2) is 12.3 Å². The first-order valence-electron chi connectivity index (χ1n) is 5.64. The lowest BCUT2D eigenvalue weighted by atomic mass is 10.3. The molecule has 0 spiro atoms. The number of piperazine rings is 1. The largest absolute Gasteiger partial charge is 0.390 e. The van der Waals surface area contributed by atoms with Crippen molar-refractivity contribution < 1.29 is 9.90 Å². The Hall–Kier alpha value is -1.69. The molecule has 0 aliphatic carbocycles. The van der Waals surface area contributed by atoms with Crippen LogP contribution < -0.4 is 4.90 Å². The molecule has 1 aromatic heterocycles. The van der Waals surface area contributed by atoms with Gasteiger partial charge in [0.25, 0.3) is 0 Å². The first-order valence-corrected chi connectivity index (χ1v) is 5.64. The molecule has 0 unspecified atom stereocenters. The molecule has 1 aromatic rings. The lowest BCUT2D eigenvalue weighted by Crippen LogP contribution is -2.48. The summed E-state index contributed by atoms with van der Waals surface area (Å²) in [5.74, 6) is 0.731. The summed E-state index contributed by atoms with van der Waals surface area (Å²) in [4.78, 5) is 23.5. The summed E-state index contributed by atoms with van der Waals surface area (Å²) in [7, 11) is 0. The van der Waals surface area contributed by atoms with Gasteiger partial charge in [0.05, 0.1) is 12.3 Å². The van der Waals surface area contributed by atoms with Gasteiger partial charge in [-0.25, -0.2) is 9.97 Å². The van der Waals surface area contributed by atoms with Crippen molar-refractivity contribution in [2.75, 3.05) is 31.1 Å². The van der Waals surface area contributed by atoms with Gasteiger partial charge in [-0.3, -0.25) is 4.79 Å². The maximum absolute atomic E-state index is 11.2. The lowest BCUT2D eigenvalue weighted by molar-refractivity contribution is -0.129. The number of carbonyl (C=O) groups excluding carboxylic acids is 1. The summed E-state index contributed by atoms with van der Waals surface area (Å²) < 4.78 is 0. The summed E-state index contributed by atoms with van der Waals surface area (Å²) in [5, 5.41) is 9.01. The molecule has 0 saturated carbocycles. The molecular weight excluding hydrogens is 220 g/mol. The summed E-state index contributed by atoms with van der Waals surface area (Å²) in [6, 6.07) is 1.69. The van der Waals surface area contributed by atoms with Crippen molar-refractivity contribution in [1.29, 1.82) is 0 Å². The van der Waals surface area contributed by atoms with Crippen LogP contribution >= 0.6 is 0 Å². The Morgan fingerprint density at radius 3 is 2.71 bits per heavy atom. The maximum atomic E-state index is 11.2. The second-order valence-corrected chi connectivity index (χ2v) is 4.00. The Morgan fingerprint density at radius 2 is 2.12 bits per heavy atom. The highest BCUT2D eigenvalue weighted by atomic mass is 16.3. The molecule has 6 nitrogen and oxygen atoms in total. The van der Waals surface area contributed by atoms with Gasteiger partial charge in [-0.1, -0.05) is 0 Å². The molecule has 2 rings (SSSR count). The molecular formula is C11H16N4O2. The molecule has 1 N–H and O–H groups in total. The van der Waals surface area contributed by atoms with Crippen molar-refractivity contribution >= 4 is 11.9 Å². The van der Waals surface area contributed by atoms with Gasteiger partial charge in [-0.15, -0.1) is 0 Å². The van der Waals surface area contributed by atoms with E-state index in [1.54, 1.807) is 19.2 Å². The molecule has 1 saturated heterocycles. The second kappa shape index (κ2) is 5.09. The average molecular weight is 236 g/mol. The standard InChI is InChI=1S/C11H16N4O2/c1-9(17)14-4-6-15(7-5-14)11-12-3-2-10(8-16)13-11/h2-3,16H,4-8H2,1H3. The van der Waals surface area contributed by atoms with Gasteiger partial charge in [-0.2, -0.15) is 0 Å². The summed E-state index contributed by atoms with van der Waals surface area (Å²) >= 11 is 0. The van der Waals surface area contributed by atoms with E-state index in [-0.39, 0.29) is 12.5 Å². The number of aliphatic hydroxyl groups is 1. The Morgan fingerprint density at radius 1 is 1.41 bits per heavy atom. The Bertz CT molecular complexity index is 402. The fraction of sp³-hybridized carbons (Fsp3) is 0.545. The SMILES string of the molecule is CC(=O)N1CCN(c2nccc(CO)n2)CC1. The van der Waals surface area contributed by atoms with Crippen molar-refractivity contribution in [2.45, 2.75) is 13.5 Å². The van der Waals surface area contributed by atoms with Crippen LogP contribution in [0.25, 0.3) is 0 Å². The molecule has 0 aromatic carbocycles. The predicted octanol–water partition coefficient (Wildman–Crippen LogP) is -0.363. The quantitative estimate of drug-likeness (QED) is 0.759. The van der Waals surface area contributed by atoms with Crippen molar-refractivity contribution in [1.82, 2.24) is 14.9 Å². The Kier molecular flexibility index (Phi) is 3.53. The smallest absolute Gasteiger partial charge is 0.225 e. The number of aromatic nitrogens is 2. The van der Waals surface area contributed by atoms with E-state index < -0.39 is 0 Å². The van der Waals surface area contributed by atoms with Crippen molar-refractivity contribution in [3.63, 3.8) is 0 Å². The van der Waals surface area contributed by atoms with Crippen molar-refractivity contribution in [3.05, 3.63) is 18.0 Å². The van der Waals surface area contributed by atoms with Gasteiger partial charge in [0.1, 0.15) is 0 Å². The van der Waals surface area contributed by atoms with E-state index in [4.69, 9.17) is 5.11 Å². The van der Waals surface area contributed by atoms with E-state index in [0.717, 1.165) is 13.1 Å². The Labute approximate surface area is 99.9 Å². The third-order valence-electron chi connectivity index (χ3n) is 2.87. The highest BCUT2D eigenvalue weighted by Gasteiger charge is 2.20. The summed E-state index contributed by atoms with van der Waals surface area (Å²) in [6.45, 7) is 4.36. The molecule has 0 radical (unpaired) electrons. The zero-order valence-corrected chi connectivity index (χ0v) is 9.83. The third-order valence-corrected chi connectivity index (χ3v) is 2.87. The van der Waals surface area contributed by atoms with E-state index in [2.05, 4.69) is 9.97 Å². The maximum Gasteiger partial charge on any atom is 0.225 e. The lowest BCUT2D eigenvalue weighted by Gasteiger charge is -2.34. The molecule has 17 heavy (non-hydrogen) atoms. The van der Waals surface area contributed by atoms with Crippen LogP contribution in [-0.2, 0) is 11.4 Å². The van der Waals surface area contributed by atoms with Crippen molar-refractivity contribution in [2.24, 2.45) is 0 Å². The van der Waals surface area contributed by atoms with Crippen LogP contribution in [0.4, 0.5) is 5.95 Å². The van der Waals surface area contributed by atoms with Crippen LogP contribution in [-0.4, -0.2) is 52.1 Å². The van der Waals surface area contributed by atoms with Crippen molar-refractivity contribution in [3.8, 4) is 0 Å². The number of nitrogens with zero attached hydrogens (tertiary/aromatic N) is 4. The van der Waals surface area contributed by atoms with Gasteiger partial charge < -0.3 is 14.9 Å². The highest BCUT2D eigenvalue weighted by molar-refractivity contribution is 5.73. The first-order chi connectivity index (χ1) is 8.20. The number of aliphatic hydroxyl groups excluding tert-OH is 1. The first kappa shape index (κ1) is 11.8. The second-order valence-electron chi connectivity index (χ2n) is 4.00. The minimum absolute atomic E-state index is 0.0804. The minimum atomic E-state index is -0.0804. The third kappa shape index (κ3) is 2.71. The fourth-order valence-corrected chi connectivity index (χ4v) is 1.85. The average Bonchev–Trinajstić information content (AvgIpc) is 2.39. The number of hydrogen-bond acceptors (Lipinski definition) is 5. The number of carbonyl (C=O) groups is 1. The van der Waals surface area contributed by atoms with E-state index in [9.17, 15) is 4.79 Å². The molecule has 0 bridgehead atoms. The Balaban J connectivity index is 2.02. The number of anilines is 1. The monoisotopic (exact) mass is 236 g/mol. The molecule has 1 fully saturated rings. The zero-order valence-electron chi connectivity index (χ0n) is 9.83. The summed E-state index contributed by atoms with van der Waals surface area (Å²) in [5.41, 5.74) is 0.615. The van der Waals surface area contributed by atoms with Crippen LogP contribution in [0.5, 0.6) is 0 Å². The van der Waals surface area contributed by atoms with E-state index in [1.807, 2.05) is 9.80 Å². The molecule has 1 amide bonds. The summed E-state index contributed by atoms with van der Waals surface area (Å²) in [6.07, 6.45) is 1.64. The van der Waals surface area contributed by atoms with Crippen LogP contribution in [0.1, 0.15) is 12.6 Å². The molecule has 0 atom stereocenters. The van der Waals surface area contributed by atoms with Gasteiger partial charge in [0, 0.05) is 39.3 Å². The van der Waals surface area contributed by atoms with Gasteiger partial charge in [0.15, 0.2) is 0 Å². The zero-order chi connectivity index (χ0) is 12.3. The normalized spacial score (nSPS) is 16.1. The predicted molar refractivity (Wildman–Crippen MR) is 62.4 cm³/mol. The van der Waals surface area contributed by atoms with Gasteiger partial charge in [-0.05, 0) is 6.07 Å². The van der Waals surface area contributed by atoms with Crippen LogP contribution in [0.2, 0.25) is 0 Å². The topological polar surface area (TPSA) is 69.6 Å². The van der Waals surface area contributed by atoms with E-state index in [1.165, 1.54) is 0 Å². The van der Waals surface area contributed by atoms with E-state index >= 15 is 0 Å². The van der Waals surface area contributed by atoms with Gasteiger partial charge in [0.2, 0.25) is 11.9 Å². The molecule has 2 heterocycles. The van der Waals surface area contributed by atoms with Crippen LogP contribution in [0, 0.1) is 0 Å². The molecule has 6 heteroatoms. The number of amides is 1. The molecule has 1 aliphatic rings. The fourth-order valence-electron chi connectivity index (χ4n) is 1.85. The highest BCUT2D eigenvalue weighted by Crippen LogP contribution is 2.11. The van der Waals surface area contributed by atoms with Crippen LogP contribution in [0.3, 0.4) is 0 Å². The van der Waals surface area contributed by atoms with Gasteiger partial charge >= 0.3 is 0 Å². The minimum Gasteiger partial charge on any atom is -0.390 e. The van der Waals surface area contributed by atoms with E-state index in [0.29, 0.717) is 24.7 Å².